The number of nitrogens with one attached hydrogen (secondary N) is 1. The zero-order chi connectivity index (χ0) is 15.2. The fraction of sp³-hybridized carbons (Fsp3) is 0.562. The van der Waals surface area contributed by atoms with Crippen LogP contribution in [-0.4, -0.2) is 16.0 Å². The van der Waals surface area contributed by atoms with Crippen LogP contribution in [0.2, 0.25) is 0 Å². The van der Waals surface area contributed by atoms with E-state index in [-0.39, 0.29) is 11.8 Å². The van der Waals surface area contributed by atoms with E-state index in [0.29, 0.717) is 17.6 Å². The summed E-state index contributed by atoms with van der Waals surface area (Å²) in [6.07, 6.45) is 4.92. The van der Waals surface area contributed by atoms with Crippen LogP contribution in [0.4, 0.5) is 0 Å². The molecule has 1 amide bonds. The summed E-state index contributed by atoms with van der Waals surface area (Å²) in [6, 6.07) is 2.12. The summed E-state index contributed by atoms with van der Waals surface area (Å²) >= 11 is 1.69. The maximum Gasteiger partial charge on any atom is 0.224 e. The van der Waals surface area contributed by atoms with Crippen LogP contribution in [0, 0.1) is 12.8 Å². The molecular formula is C16H19N3O2S. The Labute approximate surface area is 133 Å². The molecule has 2 aliphatic carbocycles. The van der Waals surface area contributed by atoms with Crippen LogP contribution < -0.4 is 5.32 Å². The van der Waals surface area contributed by atoms with Gasteiger partial charge in [-0.2, -0.15) is 16.3 Å². The maximum absolute atomic E-state index is 12.7. The molecule has 4 rings (SSSR count). The van der Waals surface area contributed by atoms with Gasteiger partial charge in [-0.3, -0.25) is 4.79 Å². The van der Waals surface area contributed by atoms with Gasteiger partial charge < -0.3 is 9.84 Å². The molecule has 2 atom stereocenters. The SMILES string of the molecule is Cc1nc(C2(NC(=O)[C@@H]3C[C@H]3c3ccsc3)CCCC2)no1. The fourth-order valence-electron chi connectivity index (χ4n) is 3.54. The minimum atomic E-state index is -0.420. The topological polar surface area (TPSA) is 68.0 Å². The van der Waals surface area contributed by atoms with Gasteiger partial charge in [-0.25, -0.2) is 0 Å². The van der Waals surface area contributed by atoms with E-state index in [1.807, 2.05) is 0 Å². The molecule has 0 radical (unpaired) electrons. The van der Waals surface area contributed by atoms with Gasteiger partial charge in [0.05, 0.1) is 0 Å². The van der Waals surface area contributed by atoms with E-state index in [0.717, 1.165) is 32.1 Å². The summed E-state index contributed by atoms with van der Waals surface area (Å²) in [5.74, 6) is 1.82. The quantitative estimate of drug-likeness (QED) is 0.940. The highest BCUT2D eigenvalue weighted by Gasteiger charge is 2.48. The van der Waals surface area contributed by atoms with Crippen molar-refractivity contribution < 1.29 is 9.32 Å². The van der Waals surface area contributed by atoms with Crippen molar-refractivity contribution in [1.29, 1.82) is 0 Å². The molecule has 0 saturated heterocycles. The summed E-state index contributed by atoms with van der Waals surface area (Å²) in [4.78, 5) is 17.0. The molecular weight excluding hydrogens is 298 g/mol. The Morgan fingerprint density at radius 3 is 2.91 bits per heavy atom. The normalized spacial score (nSPS) is 26.0. The molecule has 6 heteroatoms. The van der Waals surface area contributed by atoms with Gasteiger partial charge in [0.15, 0.2) is 5.82 Å². The van der Waals surface area contributed by atoms with Crippen LogP contribution in [-0.2, 0) is 10.3 Å². The Balaban J connectivity index is 1.50. The number of hydrogen-bond donors (Lipinski definition) is 1. The van der Waals surface area contributed by atoms with Gasteiger partial charge in [-0.05, 0) is 47.6 Å². The molecule has 0 spiro atoms. The largest absolute Gasteiger partial charge is 0.343 e. The van der Waals surface area contributed by atoms with Crippen molar-refractivity contribution in [3.8, 4) is 0 Å². The van der Waals surface area contributed by atoms with E-state index in [2.05, 4.69) is 32.3 Å². The highest BCUT2D eigenvalue weighted by molar-refractivity contribution is 7.08. The lowest BCUT2D eigenvalue weighted by atomic mass is 9.96. The van der Waals surface area contributed by atoms with E-state index < -0.39 is 5.54 Å². The average Bonchev–Trinajstić information content (AvgIpc) is 2.96. The first kappa shape index (κ1) is 13.9. The van der Waals surface area contributed by atoms with Crippen molar-refractivity contribution in [2.75, 3.05) is 0 Å². The number of aryl methyl sites for hydroxylation is 1. The third-order valence-electron chi connectivity index (χ3n) is 4.87. The van der Waals surface area contributed by atoms with Gasteiger partial charge in [-0.15, -0.1) is 0 Å². The first-order valence-corrected chi connectivity index (χ1v) is 8.77. The first-order valence-electron chi connectivity index (χ1n) is 7.83. The zero-order valence-electron chi connectivity index (χ0n) is 12.5. The number of carbonyl (C=O) groups excluding carboxylic acids is 1. The van der Waals surface area contributed by atoms with Crippen LogP contribution >= 0.6 is 11.3 Å². The van der Waals surface area contributed by atoms with Gasteiger partial charge in [0, 0.05) is 12.8 Å². The van der Waals surface area contributed by atoms with E-state index in [1.54, 1.807) is 18.3 Å². The molecule has 22 heavy (non-hydrogen) atoms. The van der Waals surface area contributed by atoms with Crippen LogP contribution in [0.5, 0.6) is 0 Å². The molecule has 116 valence electrons. The highest BCUT2D eigenvalue weighted by Crippen LogP contribution is 2.49. The standard InChI is InChI=1S/C16H19N3O2S/c1-10-17-15(19-21-10)16(5-2-3-6-16)18-14(20)13-8-12(13)11-4-7-22-9-11/h4,7,9,12-13H,2-3,5-6,8H2,1H3,(H,18,20)/t12-,13+/m0/s1. The van der Waals surface area contributed by atoms with E-state index in [4.69, 9.17) is 4.52 Å². The molecule has 1 N–H and O–H groups in total. The third-order valence-corrected chi connectivity index (χ3v) is 5.58. The van der Waals surface area contributed by atoms with Crippen molar-refractivity contribution in [3.63, 3.8) is 0 Å². The predicted molar refractivity (Wildman–Crippen MR) is 82.5 cm³/mol. The first-order chi connectivity index (χ1) is 10.7. The predicted octanol–water partition coefficient (Wildman–Crippen LogP) is 3.13. The maximum atomic E-state index is 12.7. The smallest absolute Gasteiger partial charge is 0.224 e. The van der Waals surface area contributed by atoms with Gasteiger partial charge in [0.1, 0.15) is 5.54 Å². The number of carbonyl (C=O) groups is 1. The Kier molecular flexibility index (Phi) is 3.29. The van der Waals surface area contributed by atoms with Crippen molar-refractivity contribution >= 4 is 17.2 Å². The number of aromatic nitrogens is 2. The third kappa shape index (κ3) is 2.35. The Hall–Kier alpha value is -1.69. The van der Waals surface area contributed by atoms with E-state index in [1.165, 1.54) is 5.56 Å². The van der Waals surface area contributed by atoms with Gasteiger partial charge >= 0.3 is 0 Å². The highest BCUT2D eigenvalue weighted by atomic mass is 32.1. The van der Waals surface area contributed by atoms with Gasteiger partial charge in [-0.1, -0.05) is 18.0 Å². The number of rotatable bonds is 4. The second-order valence-electron chi connectivity index (χ2n) is 6.42. The molecule has 2 aromatic heterocycles. The summed E-state index contributed by atoms with van der Waals surface area (Å²) in [7, 11) is 0. The lowest BCUT2D eigenvalue weighted by molar-refractivity contribution is -0.124. The monoisotopic (exact) mass is 317 g/mol. The van der Waals surface area contributed by atoms with Crippen molar-refractivity contribution in [2.45, 2.75) is 50.5 Å². The van der Waals surface area contributed by atoms with Crippen LogP contribution in [0.25, 0.3) is 0 Å². The van der Waals surface area contributed by atoms with Crippen LogP contribution in [0.1, 0.15) is 55.3 Å². The summed E-state index contributed by atoms with van der Waals surface area (Å²) in [5.41, 5.74) is 0.873. The van der Waals surface area contributed by atoms with Crippen molar-refractivity contribution in [1.82, 2.24) is 15.5 Å². The Bertz CT molecular complexity index is 673. The fourth-order valence-corrected chi connectivity index (χ4v) is 4.27. The van der Waals surface area contributed by atoms with Crippen molar-refractivity contribution in [2.24, 2.45) is 5.92 Å². The number of hydrogen-bond acceptors (Lipinski definition) is 5. The zero-order valence-corrected chi connectivity index (χ0v) is 13.4. The molecule has 2 heterocycles. The van der Waals surface area contributed by atoms with Crippen LogP contribution in [0.15, 0.2) is 21.3 Å². The Morgan fingerprint density at radius 2 is 2.27 bits per heavy atom. The molecule has 2 aromatic rings. The Morgan fingerprint density at radius 1 is 1.45 bits per heavy atom. The lowest BCUT2D eigenvalue weighted by Gasteiger charge is -2.26. The summed E-state index contributed by atoms with van der Waals surface area (Å²) < 4.78 is 5.13. The molecule has 2 saturated carbocycles. The molecule has 2 aliphatic rings. The molecule has 5 nitrogen and oxygen atoms in total. The minimum Gasteiger partial charge on any atom is -0.343 e. The second-order valence-corrected chi connectivity index (χ2v) is 7.20. The second kappa shape index (κ2) is 5.19. The van der Waals surface area contributed by atoms with Crippen molar-refractivity contribution in [3.05, 3.63) is 34.1 Å². The molecule has 0 bridgehead atoms. The van der Waals surface area contributed by atoms with Crippen LogP contribution in [0.3, 0.4) is 0 Å². The van der Waals surface area contributed by atoms with Gasteiger partial charge in [0.25, 0.3) is 0 Å². The minimum absolute atomic E-state index is 0.0973. The molecule has 2 fully saturated rings. The summed E-state index contributed by atoms with van der Waals surface area (Å²) in [6.45, 7) is 1.79. The molecule has 0 aliphatic heterocycles. The van der Waals surface area contributed by atoms with E-state index in [9.17, 15) is 4.79 Å². The van der Waals surface area contributed by atoms with Gasteiger partial charge in [0.2, 0.25) is 11.8 Å². The number of nitrogens with zero attached hydrogens (tertiary/aromatic N) is 2. The number of thiophene rings is 1. The average molecular weight is 317 g/mol. The molecule has 0 aromatic carbocycles. The summed E-state index contributed by atoms with van der Waals surface area (Å²) in [5, 5.41) is 11.5. The molecule has 0 unspecified atom stereocenters. The number of amides is 1. The van der Waals surface area contributed by atoms with E-state index >= 15 is 0 Å². The lowest BCUT2D eigenvalue weighted by Crippen LogP contribution is -2.45.